The SMILES string of the molecule is CN(C)CCCNc1nc(-c2cc3ccccc3o2)nc2ccc(Br)cc12. The van der Waals surface area contributed by atoms with Crippen LogP contribution in [0.3, 0.4) is 0 Å². The quantitative estimate of drug-likeness (QED) is 0.432. The highest BCUT2D eigenvalue weighted by molar-refractivity contribution is 9.10. The van der Waals surface area contributed by atoms with Gasteiger partial charge in [0.05, 0.1) is 5.52 Å². The average molecular weight is 425 g/mol. The van der Waals surface area contributed by atoms with Gasteiger partial charge in [-0.2, -0.15) is 0 Å². The Balaban J connectivity index is 1.73. The van der Waals surface area contributed by atoms with Gasteiger partial charge < -0.3 is 14.6 Å². The minimum atomic E-state index is 0.594. The highest BCUT2D eigenvalue weighted by Gasteiger charge is 2.13. The van der Waals surface area contributed by atoms with Gasteiger partial charge in [0.25, 0.3) is 0 Å². The van der Waals surface area contributed by atoms with Crippen molar-refractivity contribution in [2.24, 2.45) is 0 Å². The van der Waals surface area contributed by atoms with Crippen molar-refractivity contribution in [1.82, 2.24) is 14.9 Å². The van der Waals surface area contributed by atoms with E-state index in [2.05, 4.69) is 40.2 Å². The summed E-state index contributed by atoms with van der Waals surface area (Å²) in [5, 5.41) is 5.52. The molecule has 0 unspecified atom stereocenters. The van der Waals surface area contributed by atoms with Gasteiger partial charge in [-0.05, 0) is 57.4 Å². The number of anilines is 1. The second-order valence-electron chi connectivity index (χ2n) is 6.79. The monoisotopic (exact) mass is 424 g/mol. The number of benzene rings is 2. The summed E-state index contributed by atoms with van der Waals surface area (Å²) in [6.07, 6.45) is 1.03. The van der Waals surface area contributed by atoms with Crippen molar-refractivity contribution >= 4 is 43.6 Å². The van der Waals surface area contributed by atoms with E-state index in [4.69, 9.17) is 14.4 Å². The van der Waals surface area contributed by atoms with Gasteiger partial charge in [-0.3, -0.25) is 0 Å². The van der Waals surface area contributed by atoms with Crippen LogP contribution < -0.4 is 5.32 Å². The van der Waals surface area contributed by atoms with Crippen LogP contribution in [-0.2, 0) is 0 Å². The first kappa shape index (κ1) is 17.9. The third-order valence-corrected chi connectivity index (χ3v) is 4.87. The molecule has 2 heterocycles. The Hall–Kier alpha value is -2.44. The van der Waals surface area contributed by atoms with Crippen molar-refractivity contribution in [2.75, 3.05) is 32.5 Å². The molecule has 4 rings (SSSR count). The first-order chi connectivity index (χ1) is 13.1. The summed E-state index contributed by atoms with van der Waals surface area (Å²) in [6, 6.07) is 16.0. The number of hydrogen-bond donors (Lipinski definition) is 1. The molecule has 1 N–H and O–H groups in total. The first-order valence-electron chi connectivity index (χ1n) is 8.95. The Morgan fingerprint density at radius 3 is 2.74 bits per heavy atom. The lowest BCUT2D eigenvalue weighted by molar-refractivity contribution is 0.405. The normalized spacial score (nSPS) is 11.6. The molecule has 0 aliphatic rings. The fraction of sp³-hybridized carbons (Fsp3) is 0.238. The molecular weight excluding hydrogens is 404 g/mol. The summed E-state index contributed by atoms with van der Waals surface area (Å²) < 4.78 is 6.98. The zero-order chi connectivity index (χ0) is 18.8. The van der Waals surface area contributed by atoms with Crippen molar-refractivity contribution in [1.29, 1.82) is 0 Å². The summed E-state index contributed by atoms with van der Waals surface area (Å²) in [5.41, 5.74) is 1.73. The van der Waals surface area contributed by atoms with Crippen molar-refractivity contribution in [3.63, 3.8) is 0 Å². The zero-order valence-corrected chi connectivity index (χ0v) is 17.0. The van der Waals surface area contributed by atoms with E-state index in [0.29, 0.717) is 11.6 Å². The lowest BCUT2D eigenvalue weighted by atomic mass is 10.2. The van der Waals surface area contributed by atoms with Crippen molar-refractivity contribution < 1.29 is 4.42 Å². The second kappa shape index (κ2) is 7.66. The van der Waals surface area contributed by atoms with Gasteiger partial charge in [-0.15, -0.1) is 0 Å². The van der Waals surface area contributed by atoms with E-state index in [1.807, 2.05) is 48.5 Å². The van der Waals surface area contributed by atoms with Crippen LogP contribution in [0, 0.1) is 0 Å². The Morgan fingerprint density at radius 2 is 1.93 bits per heavy atom. The summed E-state index contributed by atoms with van der Waals surface area (Å²) in [4.78, 5) is 11.7. The molecule has 2 aromatic carbocycles. The molecule has 6 heteroatoms. The topological polar surface area (TPSA) is 54.2 Å². The lowest BCUT2D eigenvalue weighted by Crippen LogP contribution is -2.16. The number of hydrogen-bond acceptors (Lipinski definition) is 5. The number of nitrogens with zero attached hydrogens (tertiary/aromatic N) is 3. The molecule has 0 saturated carbocycles. The molecule has 138 valence electrons. The van der Waals surface area contributed by atoms with Gasteiger partial charge in [0, 0.05) is 21.8 Å². The molecule has 0 atom stereocenters. The third kappa shape index (κ3) is 3.96. The van der Waals surface area contributed by atoms with Crippen LogP contribution in [0.25, 0.3) is 33.5 Å². The number of rotatable bonds is 6. The van der Waals surface area contributed by atoms with Gasteiger partial charge in [0.15, 0.2) is 11.6 Å². The van der Waals surface area contributed by atoms with E-state index in [-0.39, 0.29) is 0 Å². The van der Waals surface area contributed by atoms with Crippen molar-refractivity contribution in [3.05, 3.63) is 53.0 Å². The molecular formula is C21H21BrN4O. The number of halogens is 1. The van der Waals surface area contributed by atoms with E-state index in [9.17, 15) is 0 Å². The van der Waals surface area contributed by atoms with Crippen LogP contribution >= 0.6 is 15.9 Å². The van der Waals surface area contributed by atoms with E-state index >= 15 is 0 Å². The number of aromatic nitrogens is 2. The highest BCUT2D eigenvalue weighted by Crippen LogP contribution is 2.30. The zero-order valence-electron chi connectivity index (χ0n) is 15.4. The molecule has 0 amide bonds. The molecule has 0 radical (unpaired) electrons. The predicted molar refractivity (Wildman–Crippen MR) is 114 cm³/mol. The fourth-order valence-corrected chi connectivity index (χ4v) is 3.40. The summed E-state index contributed by atoms with van der Waals surface area (Å²) in [7, 11) is 4.16. The summed E-state index contributed by atoms with van der Waals surface area (Å²) in [6.45, 7) is 1.87. The molecule has 0 aliphatic heterocycles. The number of para-hydroxylation sites is 1. The Labute approximate surface area is 166 Å². The Kier molecular flexibility index (Phi) is 5.09. The van der Waals surface area contributed by atoms with Crippen LogP contribution in [0.1, 0.15) is 6.42 Å². The second-order valence-corrected chi connectivity index (χ2v) is 7.71. The molecule has 5 nitrogen and oxygen atoms in total. The molecule has 27 heavy (non-hydrogen) atoms. The van der Waals surface area contributed by atoms with Crippen LogP contribution in [-0.4, -0.2) is 42.1 Å². The summed E-state index contributed by atoms with van der Waals surface area (Å²) in [5.74, 6) is 2.10. The van der Waals surface area contributed by atoms with E-state index in [1.54, 1.807) is 0 Å². The van der Waals surface area contributed by atoms with Gasteiger partial charge in [0.2, 0.25) is 0 Å². The lowest BCUT2D eigenvalue weighted by Gasteiger charge is -2.12. The fourth-order valence-electron chi connectivity index (χ4n) is 3.04. The maximum absolute atomic E-state index is 5.97. The maximum Gasteiger partial charge on any atom is 0.198 e. The van der Waals surface area contributed by atoms with Crippen molar-refractivity contribution in [2.45, 2.75) is 6.42 Å². The van der Waals surface area contributed by atoms with Gasteiger partial charge in [-0.25, -0.2) is 9.97 Å². The van der Waals surface area contributed by atoms with Gasteiger partial charge >= 0.3 is 0 Å². The van der Waals surface area contributed by atoms with E-state index in [0.717, 1.165) is 51.7 Å². The highest BCUT2D eigenvalue weighted by atomic mass is 79.9. The van der Waals surface area contributed by atoms with Crippen molar-refractivity contribution in [3.8, 4) is 11.6 Å². The molecule has 0 fully saturated rings. The third-order valence-electron chi connectivity index (χ3n) is 4.38. The van der Waals surface area contributed by atoms with Crippen LogP contribution in [0.2, 0.25) is 0 Å². The number of furan rings is 1. The number of fused-ring (bicyclic) bond motifs is 2. The molecule has 0 spiro atoms. The minimum Gasteiger partial charge on any atom is -0.453 e. The predicted octanol–water partition coefficient (Wildman–Crippen LogP) is 5.17. The minimum absolute atomic E-state index is 0.594. The molecule has 0 saturated heterocycles. The van der Waals surface area contributed by atoms with Gasteiger partial charge in [-0.1, -0.05) is 34.1 Å². The average Bonchev–Trinajstić information content (AvgIpc) is 3.09. The number of nitrogens with one attached hydrogen (secondary N) is 1. The molecule has 0 aliphatic carbocycles. The van der Waals surface area contributed by atoms with Gasteiger partial charge in [0.1, 0.15) is 11.4 Å². The maximum atomic E-state index is 5.97. The van der Waals surface area contributed by atoms with E-state index < -0.39 is 0 Å². The van der Waals surface area contributed by atoms with Crippen LogP contribution in [0.5, 0.6) is 0 Å². The summed E-state index contributed by atoms with van der Waals surface area (Å²) >= 11 is 3.55. The molecule has 4 aromatic rings. The molecule has 0 bridgehead atoms. The molecule has 2 aromatic heterocycles. The largest absolute Gasteiger partial charge is 0.453 e. The Bertz CT molecular complexity index is 1060. The van der Waals surface area contributed by atoms with Crippen LogP contribution in [0.4, 0.5) is 5.82 Å². The standard InChI is InChI=1S/C21H21BrN4O/c1-26(2)11-5-10-23-20-16-13-15(22)8-9-17(16)24-21(25-20)19-12-14-6-3-4-7-18(14)27-19/h3-4,6-9,12-13H,5,10-11H2,1-2H3,(H,23,24,25). The van der Waals surface area contributed by atoms with E-state index in [1.165, 1.54) is 0 Å². The van der Waals surface area contributed by atoms with Crippen LogP contribution in [0.15, 0.2) is 57.4 Å². The Morgan fingerprint density at radius 1 is 1.07 bits per heavy atom. The smallest absolute Gasteiger partial charge is 0.198 e. The first-order valence-corrected chi connectivity index (χ1v) is 9.74.